The van der Waals surface area contributed by atoms with Crippen LogP contribution in [0.3, 0.4) is 0 Å². The van der Waals surface area contributed by atoms with Gasteiger partial charge in [-0.2, -0.15) is 0 Å². The third-order valence-corrected chi connectivity index (χ3v) is 5.66. The molecule has 25 heavy (non-hydrogen) atoms. The van der Waals surface area contributed by atoms with Gasteiger partial charge < -0.3 is 13.8 Å². The van der Waals surface area contributed by atoms with Crippen LogP contribution in [-0.2, 0) is 23.6 Å². The van der Waals surface area contributed by atoms with E-state index in [1.54, 1.807) is 29.4 Å². The molecule has 0 unspecified atom stereocenters. The highest BCUT2D eigenvalue weighted by atomic mass is 32.2. The number of furan rings is 1. The summed E-state index contributed by atoms with van der Waals surface area (Å²) in [5.74, 6) is 2.85. The fourth-order valence-corrected chi connectivity index (χ4v) is 4.25. The number of nitrogens with zero attached hydrogens (tertiary/aromatic N) is 2. The van der Waals surface area contributed by atoms with Crippen molar-refractivity contribution in [2.75, 3.05) is 5.75 Å². The van der Waals surface area contributed by atoms with E-state index in [9.17, 15) is 4.79 Å². The van der Waals surface area contributed by atoms with Gasteiger partial charge in [-0.25, -0.2) is 0 Å². The van der Waals surface area contributed by atoms with Crippen molar-refractivity contribution >= 4 is 29.0 Å². The number of thiophene rings is 1. The van der Waals surface area contributed by atoms with E-state index in [4.69, 9.17) is 8.94 Å². The molecule has 3 heterocycles. The molecule has 5 nitrogen and oxygen atoms in total. The molecule has 0 saturated carbocycles. The Hall–Kier alpha value is -1.99. The molecule has 7 heteroatoms. The fraction of sp³-hybridized carbons (Fsp3) is 0.333. The summed E-state index contributed by atoms with van der Waals surface area (Å²) in [6, 6.07) is 7.78. The van der Waals surface area contributed by atoms with Crippen molar-refractivity contribution in [3.05, 3.63) is 63.6 Å². The lowest BCUT2D eigenvalue weighted by atomic mass is 10.2. The van der Waals surface area contributed by atoms with Gasteiger partial charge in [0.1, 0.15) is 11.5 Å². The van der Waals surface area contributed by atoms with Crippen molar-refractivity contribution < 1.29 is 13.7 Å². The first-order valence-corrected chi connectivity index (χ1v) is 9.99. The number of hydrogen-bond acceptors (Lipinski definition) is 6. The number of aromatic nitrogens is 1. The minimum absolute atomic E-state index is 0.0987. The Kier molecular flexibility index (Phi) is 5.99. The van der Waals surface area contributed by atoms with Crippen molar-refractivity contribution in [2.45, 2.75) is 32.7 Å². The Morgan fingerprint density at radius 1 is 1.28 bits per heavy atom. The first-order valence-electron chi connectivity index (χ1n) is 7.95. The predicted molar refractivity (Wildman–Crippen MR) is 99.4 cm³/mol. The molecule has 0 aliphatic rings. The molecule has 3 aromatic rings. The normalized spacial score (nSPS) is 11.0. The lowest BCUT2D eigenvalue weighted by molar-refractivity contribution is -0.129. The van der Waals surface area contributed by atoms with Crippen LogP contribution >= 0.6 is 23.1 Å². The average molecular weight is 377 g/mol. The van der Waals surface area contributed by atoms with E-state index in [0.29, 0.717) is 18.8 Å². The molecular weight excluding hydrogens is 356 g/mol. The van der Waals surface area contributed by atoms with Gasteiger partial charge in [0.25, 0.3) is 0 Å². The maximum atomic E-state index is 12.7. The predicted octanol–water partition coefficient (Wildman–Crippen LogP) is 4.41. The maximum absolute atomic E-state index is 12.7. The highest BCUT2D eigenvalue weighted by Crippen LogP contribution is 2.21. The molecule has 0 atom stereocenters. The molecule has 0 bridgehead atoms. The Morgan fingerprint density at radius 3 is 2.80 bits per heavy atom. The van der Waals surface area contributed by atoms with Crippen molar-refractivity contribution in [2.24, 2.45) is 0 Å². The Bertz CT molecular complexity index is 739. The Balaban J connectivity index is 1.60. The molecule has 0 aliphatic heterocycles. The summed E-state index contributed by atoms with van der Waals surface area (Å²) in [5, 5.41) is 5.98. The molecule has 0 saturated heterocycles. The van der Waals surface area contributed by atoms with E-state index < -0.39 is 0 Å². The number of hydrogen-bond donors (Lipinski definition) is 0. The van der Waals surface area contributed by atoms with E-state index in [-0.39, 0.29) is 5.91 Å². The second kappa shape index (κ2) is 8.40. The summed E-state index contributed by atoms with van der Waals surface area (Å²) in [5.41, 5.74) is 1.97. The molecule has 132 valence electrons. The van der Waals surface area contributed by atoms with Gasteiger partial charge in [-0.1, -0.05) is 11.2 Å². The van der Waals surface area contributed by atoms with Crippen LogP contribution in [0.15, 0.2) is 44.8 Å². The smallest absolute Gasteiger partial charge is 0.233 e. The van der Waals surface area contributed by atoms with E-state index in [1.807, 2.05) is 48.4 Å². The van der Waals surface area contributed by atoms with Crippen LogP contribution in [0.4, 0.5) is 0 Å². The monoisotopic (exact) mass is 376 g/mol. The Labute approximate surface area is 155 Å². The number of carbonyl (C=O) groups excluding carboxylic acids is 1. The van der Waals surface area contributed by atoms with Gasteiger partial charge in [-0.3, -0.25) is 4.79 Å². The summed E-state index contributed by atoms with van der Waals surface area (Å²) >= 11 is 3.24. The van der Waals surface area contributed by atoms with Gasteiger partial charge in [0.2, 0.25) is 5.91 Å². The standard InChI is InChI=1S/C18H20N2O3S2/c1-13-17(14(2)23-19-13)11-24-12-18(21)20(9-15-5-3-7-22-15)10-16-6-4-8-25-16/h3-8H,9-12H2,1-2H3. The number of rotatable bonds is 8. The fourth-order valence-electron chi connectivity index (χ4n) is 2.45. The molecule has 0 aromatic carbocycles. The van der Waals surface area contributed by atoms with Crippen LogP contribution in [0.1, 0.15) is 27.7 Å². The number of amides is 1. The van der Waals surface area contributed by atoms with E-state index >= 15 is 0 Å². The van der Waals surface area contributed by atoms with Crippen LogP contribution in [0.5, 0.6) is 0 Å². The second-order valence-corrected chi connectivity index (χ2v) is 7.72. The SMILES string of the molecule is Cc1noc(C)c1CSCC(=O)N(Cc1ccco1)Cc1cccs1. The zero-order valence-corrected chi connectivity index (χ0v) is 15.9. The van der Waals surface area contributed by atoms with Crippen molar-refractivity contribution in [3.8, 4) is 0 Å². The van der Waals surface area contributed by atoms with E-state index in [2.05, 4.69) is 5.16 Å². The average Bonchev–Trinajstić information content (AvgIpc) is 3.33. The number of carbonyl (C=O) groups is 1. The van der Waals surface area contributed by atoms with Gasteiger partial charge in [0, 0.05) is 16.2 Å². The zero-order chi connectivity index (χ0) is 17.6. The van der Waals surface area contributed by atoms with Gasteiger partial charge in [0.05, 0.1) is 30.8 Å². The molecule has 0 aliphatic carbocycles. The van der Waals surface area contributed by atoms with Gasteiger partial charge >= 0.3 is 0 Å². The summed E-state index contributed by atoms with van der Waals surface area (Å²) < 4.78 is 10.6. The van der Waals surface area contributed by atoms with E-state index in [1.165, 1.54) is 0 Å². The topological polar surface area (TPSA) is 59.5 Å². The van der Waals surface area contributed by atoms with Gasteiger partial charge in [0.15, 0.2) is 0 Å². The van der Waals surface area contributed by atoms with Gasteiger partial charge in [-0.15, -0.1) is 23.1 Å². The molecule has 3 aromatic heterocycles. The largest absolute Gasteiger partial charge is 0.467 e. The molecule has 0 radical (unpaired) electrons. The van der Waals surface area contributed by atoms with Crippen LogP contribution in [0.25, 0.3) is 0 Å². The number of aryl methyl sites for hydroxylation is 2. The molecule has 0 N–H and O–H groups in total. The quantitative estimate of drug-likeness (QED) is 0.583. The summed E-state index contributed by atoms with van der Waals surface area (Å²) in [4.78, 5) is 15.7. The van der Waals surface area contributed by atoms with Crippen LogP contribution in [0.2, 0.25) is 0 Å². The van der Waals surface area contributed by atoms with Gasteiger partial charge in [-0.05, 0) is 37.4 Å². The highest BCUT2D eigenvalue weighted by molar-refractivity contribution is 7.99. The first-order chi connectivity index (χ1) is 12.1. The lowest BCUT2D eigenvalue weighted by Gasteiger charge is -2.21. The van der Waals surface area contributed by atoms with Crippen LogP contribution in [0, 0.1) is 13.8 Å². The molecule has 1 amide bonds. The second-order valence-electron chi connectivity index (χ2n) is 5.70. The minimum Gasteiger partial charge on any atom is -0.467 e. The summed E-state index contributed by atoms with van der Waals surface area (Å²) in [6.45, 7) is 4.91. The summed E-state index contributed by atoms with van der Waals surface area (Å²) in [7, 11) is 0. The maximum Gasteiger partial charge on any atom is 0.233 e. The third kappa shape index (κ3) is 4.76. The minimum atomic E-state index is 0.0987. The molecule has 0 fully saturated rings. The summed E-state index contributed by atoms with van der Waals surface area (Å²) in [6.07, 6.45) is 1.63. The lowest BCUT2D eigenvalue weighted by Crippen LogP contribution is -2.31. The Morgan fingerprint density at radius 2 is 2.16 bits per heavy atom. The highest BCUT2D eigenvalue weighted by Gasteiger charge is 2.17. The van der Waals surface area contributed by atoms with Crippen LogP contribution in [-0.4, -0.2) is 21.7 Å². The zero-order valence-electron chi connectivity index (χ0n) is 14.2. The first kappa shape index (κ1) is 17.8. The number of thioether (sulfide) groups is 1. The van der Waals surface area contributed by atoms with Crippen LogP contribution < -0.4 is 0 Å². The van der Waals surface area contributed by atoms with Crippen molar-refractivity contribution in [1.29, 1.82) is 0 Å². The molecular formula is C18H20N2O3S2. The van der Waals surface area contributed by atoms with E-state index in [0.717, 1.165) is 33.4 Å². The molecule has 0 spiro atoms. The van der Waals surface area contributed by atoms with Crippen molar-refractivity contribution in [3.63, 3.8) is 0 Å². The molecule has 3 rings (SSSR count). The van der Waals surface area contributed by atoms with Crippen molar-refractivity contribution in [1.82, 2.24) is 10.1 Å². The third-order valence-electron chi connectivity index (χ3n) is 3.86.